The average Bonchev–Trinajstić information content (AvgIpc) is 2.70. The Morgan fingerprint density at radius 2 is 1.82 bits per heavy atom. The molecule has 5 heteroatoms. The normalized spacial score (nSPS) is 11.7. The van der Waals surface area contributed by atoms with Crippen molar-refractivity contribution in [2.75, 3.05) is 4.90 Å². The molecule has 144 valence electrons. The molecule has 0 aliphatic rings. The summed E-state index contributed by atoms with van der Waals surface area (Å²) in [5.41, 5.74) is 3.15. The molecule has 1 heterocycles. The van der Waals surface area contributed by atoms with E-state index in [9.17, 15) is 4.79 Å². The number of nitrogens with zero attached hydrogens (tertiary/aromatic N) is 2. The van der Waals surface area contributed by atoms with Crippen LogP contribution < -0.4 is 9.64 Å². The number of ether oxygens (including phenoxy) is 1. The number of halogens is 1. The summed E-state index contributed by atoms with van der Waals surface area (Å²) in [6, 6.07) is 18.8. The maximum atomic E-state index is 13.2. The molecule has 0 N–H and O–H groups in total. The number of rotatable bonds is 6. The third-order valence-electron chi connectivity index (χ3n) is 4.62. The van der Waals surface area contributed by atoms with E-state index in [1.165, 1.54) is 5.56 Å². The molecule has 1 aromatic heterocycles. The summed E-state index contributed by atoms with van der Waals surface area (Å²) in [5, 5.41) is 0.610. The quantitative estimate of drug-likeness (QED) is 0.565. The molecule has 2 aromatic carbocycles. The SMILES string of the molecule is Cc1ccc(OC(C)C(=O)N(Cc2ccccc2Cl)c2ccccn2)cc1C. The van der Waals surface area contributed by atoms with E-state index in [0.717, 1.165) is 11.1 Å². The van der Waals surface area contributed by atoms with Gasteiger partial charge in [-0.1, -0.05) is 41.9 Å². The lowest BCUT2D eigenvalue weighted by Gasteiger charge is -2.26. The Balaban J connectivity index is 1.85. The van der Waals surface area contributed by atoms with Crippen LogP contribution in [-0.4, -0.2) is 17.0 Å². The molecule has 4 nitrogen and oxygen atoms in total. The van der Waals surface area contributed by atoms with Crippen molar-refractivity contribution < 1.29 is 9.53 Å². The van der Waals surface area contributed by atoms with E-state index in [0.29, 0.717) is 23.1 Å². The van der Waals surface area contributed by atoms with E-state index < -0.39 is 6.10 Å². The molecular weight excluding hydrogens is 372 g/mol. The monoisotopic (exact) mass is 394 g/mol. The van der Waals surface area contributed by atoms with Crippen LogP contribution in [0.4, 0.5) is 5.82 Å². The van der Waals surface area contributed by atoms with Gasteiger partial charge in [-0.15, -0.1) is 0 Å². The second-order valence-corrected chi connectivity index (χ2v) is 7.12. The highest BCUT2D eigenvalue weighted by Gasteiger charge is 2.25. The molecule has 1 unspecified atom stereocenters. The third-order valence-corrected chi connectivity index (χ3v) is 4.99. The van der Waals surface area contributed by atoms with Gasteiger partial charge in [0.15, 0.2) is 6.10 Å². The van der Waals surface area contributed by atoms with Crippen LogP contribution in [0.2, 0.25) is 5.02 Å². The molecule has 3 rings (SSSR count). The second kappa shape index (κ2) is 8.89. The summed E-state index contributed by atoms with van der Waals surface area (Å²) in [5.74, 6) is 1.04. The Morgan fingerprint density at radius 1 is 1.07 bits per heavy atom. The van der Waals surface area contributed by atoms with Crippen molar-refractivity contribution in [2.45, 2.75) is 33.4 Å². The van der Waals surface area contributed by atoms with E-state index in [1.54, 1.807) is 24.1 Å². The molecular formula is C23H23ClN2O2. The van der Waals surface area contributed by atoms with Crippen LogP contribution in [0.25, 0.3) is 0 Å². The highest BCUT2D eigenvalue weighted by molar-refractivity contribution is 6.31. The van der Waals surface area contributed by atoms with E-state index in [2.05, 4.69) is 4.98 Å². The molecule has 1 amide bonds. The Labute approximate surface area is 170 Å². The number of hydrogen-bond donors (Lipinski definition) is 0. The van der Waals surface area contributed by atoms with Gasteiger partial charge >= 0.3 is 0 Å². The number of benzene rings is 2. The predicted molar refractivity (Wildman–Crippen MR) is 113 cm³/mol. The average molecular weight is 395 g/mol. The molecule has 0 spiro atoms. The van der Waals surface area contributed by atoms with Crippen LogP contribution in [-0.2, 0) is 11.3 Å². The van der Waals surface area contributed by atoms with Gasteiger partial charge in [-0.05, 0) is 67.8 Å². The molecule has 28 heavy (non-hydrogen) atoms. The van der Waals surface area contributed by atoms with Crippen molar-refractivity contribution in [3.8, 4) is 5.75 Å². The summed E-state index contributed by atoms with van der Waals surface area (Å²) in [6.07, 6.45) is 0.989. The molecule has 0 saturated carbocycles. The van der Waals surface area contributed by atoms with Gasteiger partial charge in [-0.3, -0.25) is 9.69 Å². The van der Waals surface area contributed by atoms with E-state index in [4.69, 9.17) is 16.3 Å². The Hall–Kier alpha value is -2.85. The number of pyridine rings is 1. The smallest absolute Gasteiger partial charge is 0.269 e. The van der Waals surface area contributed by atoms with Crippen molar-refractivity contribution in [2.24, 2.45) is 0 Å². The minimum absolute atomic E-state index is 0.183. The van der Waals surface area contributed by atoms with Crippen LogP contribution >= 0.6 is 11.6 Å². The maximum absolute atomic E-state index is 13.2. The fourth-order valence-corrected chi connectivity index (χ4v) is 3.04. The Kier molecular flexibility index (Phi) is 6.32. The lowest BCUT2D eigenvalue weighted by atomic mass is 10.1. The summed E-state index contributed by atoms with van der Waals surface area (Å²) >= 11 is 6.31. The number of hydrogen-bond acceptors (Lipinski definition) is 3. The first-order valence-electron chi connectivity index (χ1n) is 9.15. The largest absolute Gasteiger partial charge is 0.481 e. The van der Waals surface area contributed by atoms with Crippen LogP contribution in [0.5, 0.6) is 5.75 Å². The van der Waals surface area contributed by atoms with Crippen molar-refractivity contribution in [1.29, 1.82) is 0 Å². The molecule has 0 aliphatic carbocycles. The number of carbonyl (C=O) groups is 1. The van der Waals surface area contributed by atoms with Gasteiger partial charge in [0.1, 0.15) is 11.6 Å². The molecule has 0 saturated heterocycles. The lowest BCUT2D eigenvalue weighted by Crippen LogP contribution is -2.40. The minimum Gasteiger partial charge on any atom is -0.481 e. The standard InChI is InChI=1S/C23H23ClN2O2/c1-16-11-12-20(14-17(16)2)28-18(3)23(27)26(22-10-6-7-13-25-22)15-19-8-4-5-9-21(19)24/h4-14,18H,15H2,1-3H3. The first-order chi connectivity index (χ1) is 13.5. The number of aryl methyl sites for hydroxylation is 2. The summed E-state index contributed by atoms with van der Waals surface area (Å²) < 4.78 is 5.93. The first-order valence-corrected chi connectivity index (χ1v) is 9.53. The summed E-state index contributed by atoms with van der Waals surface area (Å²) in [7, 11) is 0. The summed E-state index contributed by atoms with van der Waals surface area (Å²) in [4.78, 5) is 19.2. The molecule has 1 atom stereocenters. The van der Waals surface area contributed by atoms with E-state index in [1.807, 2.05) is 68.4 Å². The molecule has 0 aliphatic heterocycles. The summed E-state index contributed by atoms with van der Waals surface area (Å²) in [6.45, 7) is 6.13. The maximum Gasteiger partial charge on any atom is 0.269 e. The van der Waals surface area contributed by atoms with Crippen molar-refractivity contribution in [3.63, 3.8) is 0 Å². The first kappa shape index (κ1) is 19.9. The third kappa shape index (κ3) is 4.70. The van der Waals surface area contributed by atoms with Crippen molar-refractivity contribution in [1.82, 2.24) is 4.98 Å². The Bertz CT molecular complexity index is 960. The number of amides is 1. The molecule has 0 radical (unpaired) electrons. The number of carbonyl (C=O) groups excluding carboxylic acids is 1. The van der Waals surface area contributed by atoms with Crippen LogP contribution in [0.15, 0.2) is 66.9 Å². The van der Waals surface area contributed by atoms with Gasteiger partial charge in [0.2, 0.25) is 0 Å². The van der Waals surface area contributed by atoms with Crippen LogP contribution in [0.3, 0.4) is 0 Å². The lowest BCUT2D eigenvalue weighted by molar-refractivity contribution is -0.124. The highest BCUT2D eigenvalue weighted by atomic mass is 35.5. The zero-order valence-electron chi connectivity index (χ0n) is 16.2. The van der Waals surface area contributed by atoms with Gasteiger partial charge in [0.25, 0.3) is 5.91 Å². The predicted octanol–water partition coefficient (Wildman–Crippen LogP) is 5.35. The molecule has 3 aromatic rings. The van der Waals surface area contributed by atoms with Gasteiger partial charge in [-0.25, -0.2) is 4.98 Å². The van der Waals surface area contributed by atoms with Crippen molar-refractivity contribution in [3.05, 3.63) is 88.6 Å². The number of anilines is 1. The number of aromatic nitrogens is 1. The van der Waals surface area contributed by atoms with E-state index >= 15 is 0 Å². The van der Waals surface area contributed by atoms with Crippen LogP contribution in [0, 0.1) is 13.8 Å². The Morgan fingerprint density at radius 3 is 2.50 bits per heavy atom. The van der Waals surface area contributed by atoms with Crippen molar-refractivity contribution >= 4 is 23.3 Å². The minimum atomic E-state index is -0.674. The fraction of sp³-hybridized carbons (Fsp3) is 0.217. The van der Waals surface area contributed by atoms with Gasteiger partial charge in [-0.2, -0.15) is 0 Å². The van der Waals surface area contributed by atoms with Crippen LogP contribution in [0.1, 0.15) is 23.6 Å². The highest BCUT2D eigenvalue weighted by Crippen LogP contribution is 2.23. The fourth-order valence-electron chi connectivity index (χ4n) is 2.84. The zero-order valence-corrected chi connectivity index (χ0v) is 17.0. The topological polar surface area (TPSA) is 42.4 Å². The van der Waals surface area contributed by atoms with Gasteiger partial charge < -0.3 is 4.74 Å². The molecule has 0 bridgehead atoms. The zero-order chi connectivity index (χ0) is 20.1. The van der Waals surface area contributed by atoms with Gasteiger partial charge in [0.05, 0.1) is 6.54 Å². The van der Waals surface area contributed by atoms with Gasteiger partial charge in [0, 0.05) is 11.2 Å². The van der Waals surface area contributed by atoms with E-state index in [-0.39, 0.29) is 5.91 Å². The molecule has 0 fully saturated rings. The second-order valence-electron chi connectivity index (χ2n) is 6.71.